The second-order valence-corrected chi connectivity index (χ2v) is 19.8. The van der Waals surface area contributed by atoms with Crippen LogP contribution in [0.2, 0.25) is 0 Å². The van der Waals surface area contributed by atoms with Crippen molar-refractivity contribution >= 4 is 17.9 Å². The number of carboxylic acids is 1. The molecule has 2 atom stereocenters. The zero-order valence-corrected chi connectivity index (χ0v) is 47.0. The minimum atomic E-state index is -1.63. The molecule has 0 aromatic carbocycles. The summed E-state index contributed by atoms with van der Waals surface area (Å²) in [6, 6.07) is 0. The fourth-order valence-corrected chi connectivity index (χ4v) is 7.29. The smallest absolute Gasteiger partial charge is 0.306 e. The highest BCUT2D eigenvalue weighted by atomic mass is 16.7. The quantitative estimate of drug-likeness (QED) is 0.0195. The van der Waals surface area contributed by atoms with Crippen LogP contribution >= 0.6 is 0 Å². The monoisotopic (exact) mass is 1020 g/mol. The number of likely N-dealkylation sites (N-methyl/N-ethyl adjacent to an activating group) is 1. The van der Waals surface area contributed by atoms with Gasteiger partial charge in [0.25, 0.3) is 0 Å². The van der Waals surface area contributed by atoms with Gasteiger partial charge in [0, 0.05) is 12.8 Å². The predicted molar refractivity (Wildman–Crippen MR) is 306 cm³/mol. The summed E-state index contributed by atoms with van der Waals surface area (Å²) in [4.78, 5) is 37.2. The van der Waals surface area contributed by atoms with Gasteiger partial charge in [0.15, 0.2) is 12.4 Å². The number of hydrogen-bond donors (Lipinski definition) is 0. The summed E-state index contributed by atoms with van der Waals surface area (Å²) in [6.45, 7) is 4.57. The first-order valence-electron chi connectivity index (χ1n) is 28.7. The molecule has 0 heterocycles. The highest BCUT2D eigenvalue weighted by Crippen LogP contribution is 2.13. The van der Waals surface area contributed by atoms with Crippen molar-refractivity contribution in [1.29, 1.82) is 0 Å². The molecule has 0 aliphatic carbocycles. The molecule has 2 unspecified atom stereocenters. The molecule has 0 fully saturated rings. The Morgan fingerprint density at radius 2 is 0.781 bits per heavy atom. The van der Waals surface area contributed by atoms with Gasteiger partial charge in [0.2, 0.25) is 0 Å². The lowest BCUT2D eigenvalue weighted by molar-refractivity contribution is -0.870. The fraction of sp³-hybridized carbons (Fsp3) is 0.641. The second-order valence-electron chi connectivity index (χ2n) is 19.8. The van der Waals surface area contributed by atoms with Crippen molar-refractivity contribution in [3.8, 4) is 0 Å². The zero-order valence-electron chi connectivity index (χ0n) is 47.0. The molecule has 0 saturated heterocycles. The largest absolute Gasteiger partial charge is 0.545 e. The maximum atomic E-state index is 12.8. The van der Waals surface area contributed by atoms with Gasteiger partial charge in [0.1, 0.15) is 13.2 Å². The van der Waals surface area contributed by atoms with Crippen LogP contribution in [-0.4, -0.2) is 82.3 Å². The van der Waals surface area contributed by atoms with Crippen LogP contribution in [0.4, 0.5) is 0 Å². The first-order valence-corrected chi connectivity index (χ1v) is 28.7. The molecule has 0 amide bonds. The van der Waals surface area contributed by atoms with E-state index in [0.717, 1.165) is 122 Å². The SMILES string of the molecule is CC/C=C\C/C=C\C/C=C\C/C=C\C/C=C\C/C=C\C/C=C\C/C=C\C/C=C\CCCCCCCCCC(=O)OC(COC(=O)CCCCCCC/C=C\CCCCCC)COC(OCC[N+](C)(C)C)C(=O)[O-]. The van der Waals surface area contributed by atoms with Gasteiger partial charge in [-0.15, -0.1) is 0 Å². The van der Waals surface area contributed by atoms with Crippen molar-refractivity contribution in [2.75, 3.05) is 47.5 Å². The Labute approximate surface area is 447 Å². The number of esters is 2. The Hall–Kier alpha value is -4.31. The Morgan fingerprint density at radius 3 is 1.18 bits per heavy atom. The molecule has 0 spiro atoms. The molecule has 0 aromatic heterocycles. The van der Waals surface area contributed by atoms with Gasteiger partial charge < -0.3 is 33.3 Å². The molecule has 0 radical (unpaired) electrons. The number of rotatable bonds is 51. The minimum Gasteiger partial charge on any atom is -0.545 e. The topological polar surface area (TPSA) is 111 Å². The number of carbonyl (C=O) groups excluding carboxylic acids is 3. The summed E-state index contributed by atoms with van der Waals surface area (Å²) < 4.78 is 22.6. The fourth-order valence-electron chi connectivity index (χ4n) is 7.29. The molecule has 0 aliphatic rings. The Bertz CT molecular complexity index is 1610. The standard InChI is InChI=1S/C64H105NO8/c1-6-8-10-12-14-16-18-20-21-22-23-24-25-26-27-28-29-30-31-32-33-34-35-36-37-38-39-40-41-43-45-47-49-51-53-55-62(67)73-60(59-72-64(63(68)69)70-57-56-65(3,4)5)58-71-61(66)54-52-50-48-46-44-42-19-17-15-13-11-9-7-2/h8,10,14,16-17,19-21,23-24,26-27,29-30,32-33,35-36,38-39,60,64H,6-7,9,11-13,15,18,22,25,28,31,34,37,40-59H2,1-5H3/b10-8-,16-14-,19-17-,21-20-,24-23-,27-26-,30-29-,33-32-,36-35-,39-38-. The lowest BCUT2D eigenvalue weighted by Gasteiger charge is -2.26. The van der Waals surface area contributed by atoms with Crippen LogP contribution in [0.15, 0.2) is 122 Å². The Balaban J connectivity index is 4.24. The van der Waals surface area contributed by atoms with Crippen molar-refractivity contribution in [1.82, 2.24) is 0 Å². The second kappa shape index (κ2) is 54.0. The molecule has 0 aliphatic heterocycles. The molecule has 9 nitrogen and oxygen atoms in total. The van der Waals surface area contributed by atoms with Crippen LogP contribution in [0.25, 0.3) is 0 Å². The van der Waals surface area contributed by atoms with Gasteiger partial charge in [-0.05, 0) is 109 Å². The number of ether oxygens (including phenoxy) is 4. The molecule has 0 aromatic rings. The first kappa shape index (κ1) is 68.7. The van der Waals surface area contributed by atoms with E-state index < -0.39 is 24.3 Å². The maximum Gasteiger partial charge on any atom is 0.306 e. The molecule has 414 valence electrons. The number of hydrogen-bond acceptors (Lipinski definition) is 8. The van der Waals surface area contributed by atoms with Gasteiger partial charge in [-0.1, -0.05) is 206 Å². The van der Waals surface area contributed by atoms with Gasteiger partial charge in [-0.3, -0.25) is 9.59 Å². The van der Waals surface area contributed by atoms with E-state index in [1.54, 1.807) is 0 Å². The van der Waals surface area contributed by atoms with Gasteiger partial charge in [0.05, 0.1) is 40.3 Å². The summed E-state index contributed by atoms with van der Waals surface area (Å²) in [5.41, 5.74) is 0. The van der Waals surface area contributed by atoms with E-state index in [1.165, 1.54) is 51.4 Å². The number of allylic oxidation sites excluding steroid dienone is 20. The summed E-state index contributed by atoms with van der Waals surface area (Å²) in [6.07, 6.45) is 72.5. The molecular formula is C64H105NO8. The molecule has 73 heavy (non-hydrogen) atoms. The third-order valence-corrected chi connectivity index (χ3v) is 11.7. The average Bonchev–Trinajstić information content (AvgIpc) is 3.36. The van der Waals surface area contributed by atoms with Crippen molar-refractivity contribution in [2.45, 2.75) is 219 Å². The summed E-state index contributed by atoms with van der Waals surface area (Å²) in [5, 5.41) is 11.7. The Morgan fingerprint density at radius 1 is 0.425 bits per heavy atom. The van der Waals surface area contributed by atoms with E-state index in [0.29, 0.717) is 17.4 Å². The number of carboxylic acid groups (broad SMARTS) is 1. The maximum absolute atomic E-state index is 12.8. The van der Waals surface area contributed by atoms with Crippen LogP contribution in [0, 0.1) is 0 Å². The van der Waals surface area contributed by atoms with E-state index in [2.05, 4.69) is 135 Å². The number of unbranched alkanes of at least 4 members (excludes halogenated alkanes) is 16. The average molecular weight is 1020 g/mol. The van der Waals surface area contributed by atoms with E-state index in [4.69, 9.17) is 18.9 Å². The molecule has 0 rings (SSSR count). The molecule has 9 heteroatoms. The summed E-state index contributed by atoms with van der Waals surface area (Å²) in [5.74, 6) is -2.32. The Kier molecular flexibility index (Phi) is 50.8. The van der Waals surface area contributed by atoms with Crippen molar-refractivity contribution in [2.24, 2.45) is 0 Å². The van der Waals surface area contributed by atoms with Crippen LogP contribution in [0.3, 0.4) is 0 Å². The van der Waals surface area contributed by atoms with Crippen molar-refractivity contribution in [3.05, 3.63) is 122 Å². The van der Waals surface area contributed by atoms with Crippen LogP contribution in [-0.2, 0) is 33.3 Å². The molecule has 0 saturated carbocycles. The van der Waals surface area contributed by atoms with Crippen molar-refractivity contribution in [3.63, 3.8) is 0 Å². The van der Waals surface area contributed by atoms with Crippen molar-refractivity contribution < 1.29 is 42.9 Å². The molecule has 0 N–H and O–H groups in total. The first-order chi connectivity index (χ1) is 35.6. The van der Waals surface area contributed by atoms with Crippen LogP contribution < -0.4 is 5.11 Å². The highest BCUT2D eigenvalue weighted by Gasteiger charge is 2.22. The van der Waals surface area contributed by atoms with Gasteiger partial charge >= 0.3 is 11.9 Å². The van der Waals surface area contributed by atoms with Gasteiger partial charge in [-0.25, -0.2) is 0 Å². The van der Waals surface area contributed by atoms with Crippen LogP contribution in [0.1, 0.15) is 206 Å². The zero-order chi connectivity index (χ0) is 53.4. The van der Waals surface area contributed by atoms with E-state index in [-0.39, 0.29) is 38.6 Å². The number of carbonyl (C=O) groups is 3. The third-order valence-electron chi connectivity index (χ3n) is 11.7. The van der Waals surface area contributed by atoms with E-state index in [9.17, 15) is 19.5 Å². The number of quaternary nitrogens is 1. The van der Waals surface area contributed by atoms with Crippen LogP contribution in [0.5, 0.6) is 0 Å². The predicted octanol–water partition coefficient (Wildman–Crippen LogP) is 15.6. The lowest BCUT2D eigenvalue weighted by Crippen LogP contribution is -2.44. The molecular weight excluding hydrogens is 911 g/mol. The minimum absolute atomic E-state index is 0.138. The number of nitrogens with zero attached hydrogens (tertiary/aromatic N) is 1. The summed E-state index contributed by atoms with van der Waals surface area (Å²) in [7, 11) is 5.90. The number of aliphatic carboxylic acids is 1. The highest BCUT2D eigenvalue weighted by molar-refractivity contribution is 5.70. The lowest BCUT2D eigenvalue weighted by atomic mass is 10.1. The molecule has 0 bridgehead atoms. The normalized spacial score (nSPS) is 13.7. The third kappa shape index (κ3) is 55.3. The van der Waals surface area contributed by atoms with E-state index in [1.807, 2.05) is 21.1 Å². The van der Waals surface area contributed by atoms with E-state index >= 15 is 0 Å². The van der Waals surface area contributed by atoms with Gasteiger partial charge in [-0.2, -0.15) is 0 Å². The summed E-state index contributed by atoms with van der Waals surface area (Å²) >= 11 is 0.